The van der Waals surface area contributed by atoms with Crippen molar-refractivity contribution in [3.63, 3.8) is 0 Å². The fourth-order valence-electron chi connectivity index (χ4n) is 4.80. The first-order valence-electron chi connectivity index (χ1n) is 13.7. The Morgan fingerprint density at radius 1 is 1.18 bits per heavy atom. The Hall–Kier alpha value is -1.80. The number of benzene rings is 1. The molecule has 10 nitrogen and oxygen atoms in total. The summed E-state index contributed by atoms with van der Waals surface area (Å²) in [4.78, 5) is 35.0. The molecule has 1 aliphatic heterocycles. The van der Waals surface area contributed by atoms with Gasteiger partial charge in [0.2, 0.25) is 11.8 Å². The maximum atomic E-state index is 13.8. The van der Waals surface area contributed by atoms with Crippen LogP contribution in [0, 0.1) is 5.92 Å². The molecular formula is C28H43N3O7S2. The van der Waals surface area contributed by atoms with Crippen LogP contribution in [-0.4, -0.2) is 121 Å². The van der Waals surface area contributed by atoms with Gasteiger partial charge in [0.1, 0.15) is 24.9 Å². The first-order valence-corrected chi connectivity index (χ1v) is 15.5. The lowest BCUT2D eigenvalue weighted by molar-refractivity contribution is -0.145. The van der Waals surface area contributed by atoms with Crippen molar-refractivity contribution < 1.29 is 34.0 Å². The first kappa shape index (κ1) is 32.7. The highest BCUT2D eigenvalue weighted by Gasteiger charge is 2.33. The van der Waals surface area contributed by atoms with E-state index in [1.54, 1.807) is 16.2 Å². The van der Waals surface area contributed by atoms with Crippen molar-refractivity contribution in [1.82, 2.24) is 14.8 Å². The molecule has 0 radical (unpaired) electrons. The topological polar surface area (TPSA) is 122 Å². The van der Waals surface area contributed by atoms with E-state index in [4.69, 9.17) is 14.2 Å². The van der Waals surface area contributed by atoms with E-state index in [0.29, 0.717) is 32.4 Å². The van der Waals surface area contributed by atoms with Gasteiger partial charge in [-0.1, -0.05) is 37.7 Å². The molecule has 0 unspecified atom stereocenters. The summed E-state index contributed by atoms with van der Waals surface area (Å²) in [6.45, 7) is 5.21. The third-order valence-corrected chi connectivity index (χ3v) is 9.02. The van der Waals surface area contributed by atoms with Crippen LogP contribution in [0.15, 0.2) is 28.6 Å². The third kappa shape index (κ3) is 9.64. The fraction of sp³-hybridized carbons (Fsp3) is 0.679. The Bertz CT molecular complexity index is 1040. The van der Waals surface area contributed by atoms with Crippen molar-refractivity contribution in [2.24, 2.45) is 5.92 Å². The van der Waals surface area contributed by atoms with Crippen LogP contribution in [0.4, 0.5) is 0 Å². The number of methoxy groups -OCH3 is 2. The molecule has 0 aliphatic carbocycles. The molecule has 4 atom stereocenters. The summed E-state index contributed by atoms with van der Waals surface area (Å²) >= 11 is 3.01. The minimum Gasteiger partial charge on any atom is -0.388 e. The maximum Gasteiger partial charge on any atom is 0.248 e. The second-order valence-electron chi connectivity index (χ2n) is 10.5. The Kier molecular flexibility index (Phi) is 13.6. The van der Waals surface area contributed by atoms with Gasteiger partial charge < -0.3 is 34.2 Å². The number of hydrogen-bond donors (Lipinski definition) is 2. The molecule has 40 heavy (non-hydrogen) atoms. The van der Waals surface area contributed by atoms with Crippen molar-refractivity contribution in [2.45, 2.75) is 61.8 Å². The van der Waals surface area contributed by atoms with Gasteiger partial charge in [0.15, 0.2) is 4.34 Å². The van der Waals surface area contributed by atoms with Gasteiger partial charge in [0, 0.05) is 46.5 Å². The van der Waals surface area contributed by atoms with Gasteiger partial charge in [0.25, 0.3) is 0 Å². The van der Waals surface area contributed by atoms with Crippen LogP contribution < -0.4 is 0 Å². The van der Waals surface area contributed by atoms with E-state index in [0.717, 1.165) is 14.6 Å². The lowest BCUT2D eigenvalue weighted by Crippen LogP contribution is -2.54. The summed E-state index contributed by atoms with van der Waals surface area (Å²) < 4.78 is 18.2. The third-order valence-electron chi connectivity index (χ3n) is 6.85. The quantitative estimate of drug-likeness (QED) is 0.443. The molecule has 1 aliphatic rings. The normalized spacial score (nSPS) is 23.9. The summed E-state index contributed by atoms with van der Waals surface area (Å²) in [6, 6.07) is 7.66. The van der Waals surface area contributed by atoms with Crippen molar-refractivity contribution in [1.29, 1.82) is 0 Å². The van der Waals surface area contributed by atoms with Crippen LogP contribution in [-0.2, 0) is 23.8 Å². The van der Waals surface area contributed by atoms with E-state index in [1.807, 2.05) is 29.2 Å². The van der Waals surface area contributed by atoms with E-state index < -0.39 is 18.3 Å². The number of amides is 2. The number of carbonyl (C=O) groups is 2. The monoisotopic (exact) mass is 597 g/mol. The zero-order chi connectivity index (χ0) is 29.1. The molecule has 224 valence electrons. The Balaban J connectivity index is 1.86. The predicted molar refractivity (Wildman–Crippen MR) is 157 cm³/mol. The molecule has 1 aromatic heterocycles. The van der Waals surface area contributed by atoms with Gasteiger partial charge >= 0.3 is 0 Å². The molecule has 1 fully saturated rings. The number of fused-ring (bicyclic) bond motifs is 1. The number of hydrogen-bond acceptors (Lipinski definition) is 10. The van der Waals surface area contributed by atoms with Crippen molar-refractivity contribution in [2.75, 3.05) is 59.4 Å². The summed E-state index contributed by atoms with van der Waals surface area (Å²) in [6.07, 6.45) is -1.17. The molecule has 2 N–H and O–H groups in total. The standard InChI is InChI=1S/C28H43N3O7S2/c1-19(2)13-20-14-30(25(33)17-36-3)15-23(37-4)27(35)22(32)16-38-12-8-7-11-31(20)26(34)18-39-28-29-21-9-5-6-10-24(21)40-28/h5-6,9-10,19-20,22-23,27,32,35H,7-8,11-18H2,1-4H3/t20-,22+,23+,27+/m0/s1. The largest absolute Gasteiger partial charge is 0.388 e. The number of nitrogens with zero attached hydrogens (tertiary/aromatic N) is 3. The highest BCUT2D eigenvalue weighted by molar-refractivity contribution is 8.01. The van der Waals surface area contributed by atoms with E-state index in [1.165, 1.54) is 26.0 Å². The van der Waals surface area contributed by atoms with Crippen LogP contribution in [0.3, 0.4) is 0 Å². The van der Waals surface area contributed by atoms with Gasteiger partial charge in [0.05, 0.1) is 22.6 Å². The molecule has 0 saturated carbocycles. The Labute approximate surface area is 245 Å². The molecular weight excluding hydrogens is 554 g/mol. The summed E-state index contributed by atoms with van der Waals surface area (Å²) in [5.74, 6) is 0.215. The lowest BCUT2D eigenvalue weighted by atomic mass is 10.00. The molecule has 12 heteroatoms. The predicted octanol–water partition coefficient (Wildman–Crippen LogP) is 2.65. The van der Waals surface area contributed by atoms with Crippen LogP contribution in [0.25, 0.3) is 10.2 Å². The molecule has 0 spiro atoms. The van der Waals surface area contributed by atoms with Gasteiger partial charge in [-0.15, -0.1) is 11.3 Å². The maximum absolute atomic E-state index is 13.8. The number of rotatable bonds is 8. The SMILES string of the molecule is COCC(=O)N1C[C@H](CC(C)C)N(C(=O)CSc2nc3ccccc3s2)CCCCOC[C@@H](O)[C@@H](O)[C@H](OC)C1. The van der Waals surface area contributed by atoms with Gasteiger partial charge in [-0.05, 0) is 37.3 Å². The van der Waals surface area contributed by atoms with E-state index in [-0.39, 0.29) is 55.8 Å². The van der Waals surface area contributed by atoms with E-state index in [2.05, 4.69) is 18.8 Å². The Morgan fingerprint density at radius 3 is 2.65 bits per heavy atom. The number of carbonyl (C=O) groups excluding carboxylic acids is 2. The fourth-order valence-corrected chi connectivity index (χ4v) is 6.75. The second kappa shape index (κ2) is 16.6. The highest BCUT2D eigenvalue weighted by Crippen LogP contribution is 2.30. The molecule has 0 bridgehead atoms. The van der Waals surface area contributed by atoms with Crippen molar-refractivity contribution in [3.8, 4) is 0 Å². The van der Waals surface area contributed by atoms with E-state index >= 15 is 0 Å². The summed E-state index contributed by atoms with van der Waals surface area (Å²) in [7, 11) is 2.89. The number of para-hydroxylation sites is 1. The minimum atomic E-state index is -1.25. The smallest absolute Gasteiger partial charge is 0.248 e. The van der Waals surface area contributed by atoms with Crippen LogP contribution in [0.2, 0.25) is 0 Å². The second-order valence-corrected chi connectivity index (χ2v) is 12.7. The Morgan fingerprint density at radius 2 is 1.95 bits per heavy atom. The molecule has 2 aromatic rings. The zero-order valence-corrected chi connectivity index (χ0v) is 25.5. The lowest BCUT2D eigenvalue weighted by Gasteiger charge is -2.38. The zero-order valence-electron chi connectivity index (χ0n) is 23.9. The first-order chi connectivity index (χ1) is 19.2. The molecule has 1 aromatic carbocycles. The summed E-state index contributed by atoms with van der Waals surface area (Å²) in [5.41, 5.74) is 0.922. The van der Waals surface area contributed by atoms with Gasteiger partial charge in [-0.25, -0.2) is 4.98 Å². The van der Waals surface area contributed by atoms with Crippen molar-refractivity contribution >= 4 is 45.1 Å². The minimum absolute atomic E-state index is 0.0131. The number of aromatic nitrogens is 1. The van der Waals surface area contributed by atoms with Gasteiger partial charge in [-0.2, -0.15) is 0 Å². The number of thiazole rings is 1. The number of ether oxygens (including phenoxy) is 3. The number of aliphatic hydroxyl groups is 2. The average molecular weight is 598 g/mol. The number of aliphatic hydroxyl groups excluding tert-OH is 2. The molecule has 2 amide bonds. The average Bonchev–Trinajstić information content (AvgIpc) is 3.35. The van der Waals surface area contributed by atoms with Crippen molar-refractivity contribution in [3.05, 3.63) is 24.3 Å². The van der Waals surface area contributed by atoms with E-state index in [9.17, 15) is 19.8 Å². The molecule has 3 rings (SSSR count). The number of thioether (sulfide) groups is 1. The molecule has 1 saturated heterocycles. The van der Waals surface area contributed by atoms with Crippen LogP contribution >= 0.6 is 23.1 Å². The van der Waals surface area contributed by atoms with Crippen LogP contribution in [0.1, 0.15) is 33.1 Å². The molecule has 2 heterocycles. The summed E-state index contributed by atoms with van der Waals surface area (Å²) in [5, 5.41) is 21.2. The van der Waals surface area contributed by atoms with Gasteiger partial charge in [-0.3, -0.25) is 9.59 Å². The van der Waals surface area contributed by atoms with Crippen LogP contribution in [0.5, 0.6) is 0 Å². The highest BCUT2D eigenvalue weighted by atomic mass is 32.2.